The number of likely N-dealkylation sites (tertiary alicyclic amines) is 1. The zero-order chi connectivity index (χ0) is 21.5. The fourth-order valence-electron chi connectivity index (χ4n) is 5.01. The van der Waals surface area contributed by atoms with Crippen LogP contribution in [0.1, 0.15) is 44.9 Å². The minimum absolute atomic E-state index is 0. The van der Waals surface area contributed by atoms with Gasteiger partial charge in [0.1, 0.15) is 5.82 Å². The van der Waals surface area contributed by atoms with Gasteiger partial charge in [0.05, 0.1) is 17.6 Å². The summed E-state index contributed by atoms with van der Waals surface area (Å²) in [5.41, 5.74) is 2.46. The molecule has 2 fully saturated rings. The summed E-state index contributed by atoms with van der Waals surface area (Å²) < 4.78 is 7.99. The summed E-state index contributed by atoms with van der Waals surface area (Å²) in [4.78, 5) is 12.4. The average molecular weight is 555 g/mol. The maximum absolute atomic E-state index is 5.68. The van der Waals surface area contributed by atoms with E-state index in [1.165, 1.54) is 31.4 Å². The van der Waals surface area contributed by atoms with Crippen LogP contribution in [-0.4, -0.2) is 71.9 Å². The van der Waals surface area contributed by atoms with Crippen LogP contribution < -0.4 is 10.6 Å². The molecule has 4 rings (SSSR count). The number of nitrogens with one attached hydrogen (secondary N) is 2. The van der Waals surface area contributed by atoms with E-state index in [1.807, 2.05) is 6.07 Å². The SMILES string of the molecule is CCNC(=NCC1(N2CCCC2)CCOCC1)NCCCn1c(C)nc2ccccc21.I. The molecular formula is C24H39IN6O. The van der Waals surface area contributed by atoms with Crippen molar-refractivity contribution in [2.75, 3.05) is 45.9 Å². The molecule has 7 nitrogen and oxygen atoms in total. The number of aromatic nitrogens is 2. The van der Waals surface area contributed by atoms with Crippen LogP contribution >= 0.6 is 24.0 Å². The fraction of sp³-hybridized carbons (Fsp3) is 0.667. The van der Waals surface area contributed by atoms with E-state index in [-0.39, 0.29) is 29.5 Å². The van der Waals surface area contributed by atoms with Crippen LogP contribution in [0, 0.1) is 6.92 Å². The Morgan fingerprint density at radius 3 is 2.66 bits per heavy atom. The predicted molar refractivity (Wildman–Crippen MR) is 142 cm³/mol. The van der Waals surface area contributed by atoms with Crippen LogP contribution in [0.5, 0.6) is 0 Å². The third-order valence-corrected chi connectivity index (χ3v) is 6.77. The second kappa shape index (κ2) is 12.2. The lowest BCUT2D eigenvalue weighted by molar-refractivity contribution is -0.0139. The van der Waals surface area contributed by atoms with Crippen molar-refractivity contribution >= 4 is 41.0 Å². The molecule has 1 aromatic heterocycles. The highest BCUT2D eigenvalue weighted by Crippen LogP contribution is 2.31. The number of halogens is 1. The monoisotopic (exact) mass is 554 g/mol. The van der Waals surface area contributed by atoms with E-state index in [4.69, 9.17) is 9.73 Å². The van der Waals surface area contributed by atoms with Gasteiger partial charge in [0.15, 0.2) is 5.96 Å². The molecule has 0 unspecified atom stereocenters. The van der Waals surface area contributed by atoms with Crippen molar-refractivity contribution in [2.45, 2.75) is 58.0 Å². The van der Waals surface area contributed by atoms with Crippen LogP contribution in [0.3, 0.4) is 0 Å². The Morgan fingerprint density at radius 1 is 1.16 bits per heavy atom. The van der Waals surface area contributed by atoms with Gasteiger partial charge in [0.2, 0.25) is 0 Å². The van der Waals surface area contributed by atoms with E-state index in [9.17, 15) is 0 Å². The first kappa shape index (κ1) is 25.2. The highest BCUT2D eigenvalue weighted by atomic mass is 127. The van der Waals surface area contributed by atoms with E-state index in [1.54, 1.807) is 0 Å². The Morgan fingerprint density at radius 2 is 1.91 bits per heavy atom. The standard InChI is InChI=1S/C24H38N6O.HI/c1-3-25-23(27-19-24(11-17-31-18-12-24)29-14-6-7-15-29)26-13-8-16-30-20(2)28-21-9-4-5-10-22(21)30;/h4-5,9-10H,3,6-8,11-19H2,1-2H3,(H2,25,26,27);1H. The third kappa shape index (κ3) is 5.94. The zero-order valence-corrected chi connectivity index (χ0v) is 21.9. The van der Waals surface area contributed by atoms with Crippen LogP contribution in [0.25, 0.3) is 11.0 Å². The summed E-state index contributed by atoms with van der Waals surface area (Å²) >= 11 is 0. The van der Waals surface area contributed by atoms with Gasteiger partial charge in [0, 0.05) is 38.4 Å². The molecule has 2 aliphatic heterocycles. The molecular weight excluding hydrogens is 515 g/mol. The number of imidazole rings is 1. The predicted octanol–water partition coefficient (Wildman–Crippen LogP) is 3.55. The van der Waals surface area contributed by atoms with Gasteiger partial charge >= 0.3 is 0 Å². The van der Waals surface area contributed by atoms with E-state index < -0.39 is 0 Å². The molecule has 32 heavy (non-hydrogen) atoms. The van der Waals surface area contributed by atoms with Crippen molar-refractivity contribution < 1.29 is 4.74 Å². The second-order valence-electron chi connectivity index (χ2n) is 8.81. The number of guanidine groups is 1. The van der Waals surface area contributed by atoms with E-state index in [2.05, 4.69) is 57.1 Å². The maximum Gasteiger partial charge on any atom is 0.191 e. The van der Waals surface area contributed by atoms with Crippen LogP contribution in [0.2, 0.25) is 0 Å². The molecule has 178 valence electrons. The van der Waals surface area contributed by atoms with E-state index in [0.717, 1.165) is 76.0 Å². The lowest BCUT2D eigenvalue weighted by Crippen LogP contribution is -2.54. The number of aryl methyl sites for hydroxylation is 2. The average Bonchev–Trinajstić information content (AvgIpc) is 3.44. The van der Waals surface area contributed by atoms with Gasteiger partial charge in [-0.2, -0.15) is 0 Å². The highest BCUT2D eigenvalue weighted by Gasteiger charge is 2.39. The highest BCUT2D eigenvalue weighted by molar-refractivity contribution is 14.0. The lowest BCUT2D eigenvalue weighted by atomic mass is 9.88. The van der Waals surface area contributed by atoms with Gasteiger partial charge in [-0.15, -0.1) is 24.0 Å². The largest absolute Gasteiger partial charge is 0.381 e. The van der Waals surface area contributed by atoms with E-state index in [0.29, 0.717) is 0 Å². The molecule has 0 radical (unpaired) electrons. The number of aliphatic imine (C=N–C) groups is 1. The fourth-order valence-corrected chi connectivity index (χ4v) is 5.01. The second-order valence-corrected chi connectivity index (χ2v) is 8.81. The van der Waals surface area contributed by atoms with Crippen LogP contribution in [-0.2, 0) is 11.3 Å². The summed E-state index contributed by atoms with van der Waals surface area (Å²) in [5, 5.41) is 6.99. The molecule has 2 saturated heterocycles. The number of nitrogens with zero attached hydrogens (tertiary/aromatic N) is 4. The topological polar surface area (TPSA) is 66.7 Å². The van der Waals surface area contributed by atoms with Crippen molar-refractivity contribution in [3.63, 3.8) is 0 Å². The number of benzene rings is 1. The maximum atomic E-state index is 5.68. The number of hydrogen-bond donors (Lipinski definition) is 2. The van der Waals surface area contributed by atoms with Gasteiger partial charge in [-0.3, -0.25) is 9.89 Å². The smallest absolute Gasteiger partial charge is 0.191 e. The van der Waals surface area contributed by atoms with E-state index >= 15 is 0 Å². The zero-order valence-electron chi connectivity index (χ0n) is 19.6. The number of ether oxygens (including phenoxy) is 1. The first-order chi connectivity index (χ1) is 15.2. The normalized spacial score (nSPS) is 19.1. The van der Waals surface area contributed by atoms with Gasteiger partial charge < -0.3 is 19.9 Å². The number of para-hydroxylation sites is 2. The molecule has 0 saturated carbocycles. The summed E-state index contributed by atoms with van der Waals surface area (Å²) in [6.07, 6.45) is 5.82. The minimum Gasteiger partial charge on any atom is -0.381 e. The number of rotatable bonds is 8. The quantitative estimate of drug-likeness (QED) is 0.226. The van der Waals surface area contributed by atoms with Gasteiger partial charge in [-0.05, 0) is 71.2 Å². The van der Waals surface area contributed by atoms with Crippen molar-refractivity contribution in [3.8, 4) is 0 Å². The van der Waals surface area contributed by atoms with Crippen molar-refractivity contribution in [1.29, 1.82) is 0 Å². The molecule has 0 spiro atoms. The molecule has 8 heteroatoms. The summed E-state index contributed by atoms with van der Waals surface area (Å²) in [7, 11) is 0. The Balaban J connectivity index is 0.00000289. The number of fused-ring (bicyclic) bond motifs is 1. The van der Waals surface area contributed by atoms with Gasteiger partial charge in [-0.1, -0.05) is 12.1 Å². The molecule has 2 aliphatic rings. The summed E-state index contributed by atoms with van der Waals surface area (Å²) in [5.74, 6) is 2.01. The summed E-state index contributed by atoms with van der Waals surface area (Å²) in [6.45, 7) is 11.9. The molecule has 0 aliphatic carbocycles. The molecule has 2 aromatic rings. The lowest BCUT2D eigenvalue weighted by Gasteiger charge is -2.43. The van der Waals surface area contributed by atoms with Crippen molar-refractivity contribution in [1.82, 2.24) is 25.1 Å². The van der Waals surface area contributed by atoms with Crippen molar-refractivity contribution in [2.24, 2.45) is 4.99 Å². The third-order valence-electron chi connectivity index (χ3n) is 6.77. The molecule has 0 bridgehead atoms. The Bertz CT molecular complexity index is 870. The van der Waals surface area contributed by atoms with Crippen molar-refractivity contribution in [3.05, 3.63) is 30.1 Å². The van der Waals surface area contributed by atoms with Gasteiger partial charge in [-0.25, -0.2) is 4.98 Å². The molecule has 0 amide bonds. The van der Waals surface area contributed by atoms with Crippen LogP contribution in [0.4, 0.5) is 0 Å². The molecule has 1 aromatic carbocycles. The Hall–Kier alpha value is -1.39. The Kier molecular flexibility index (Phi) is 9.61. The first-order valence-corrected chi connectivity index (χ1v) is 12.0. The van der Waals surface area contributed by atoms with Crippen LogP contribution in [0.15, 0.2) is 29.3 Å². The summed E-state index contributed by atoms with van der Waals surface area (Å²) in [6, 6.07) is 8.37. The molecule has 0 atom stereocenters. The Labute approximate surface area is 209 Å². The van der Waals surface area contributed by atoms with Gasteiger partial charge in [0.25, 0.3) is 0 Å². The minimum atomic E-state index is 0. The molecule has 2 N–H and O–H groups in total. The first-order valence-electron chi connectivity index (χ1n) is 12.0. The molecule has 3 heterocycles. The number of hydrogen-bond acceptors (Lipinski definition) is 4.